The molecule has 0 spiro atoms. The Hall–Kier alpha value is -1.18. The monoisotopic (exact) mass is 218 g/mol. The number of benzene rings is 1. The van der Waals surface area contributed by atoms with Gasteiger partial charge in [0.15, 0.2) is 0 Å². The van der Waals surface area contributed by atoms with Gasteiger partial charge in [-0.1, -0.05) is 26.3 Å². The first-order valence-corrected chi connectivity index (χ1v) is 6.25. The molecule has 1 aromatic rings. The van der Waals surface area contributed by atoms with E-state index in [1.807, 2.05) is 0 Å². The lowest BCUT2D eigenvalue weighted by molar-refractivity contribution is 0.550. The van der Waals surface area contributed by atoms with Crippen LogP contribution in [0.25, 0.3) is 0 Å². The molecule has 1 aliphatic heterocycles. The highest BCUT2D eigenvalue weighted by Gasteiger charge is 2.20. The molecule has 2 nitrogen and oxygen atoms in total. The van der Waals surface area contributed by atoms with Crippen LogP contribution in [0, 0.1) is 12.8 Å². The summed E-state index contributed by atoms with van der Waals surface area (Å²) in [6.07, 6.45) is 2.42. The molecule has 1 aliphatic rings. The number of aryl methyl sites for hydroxylation is 1. The number of nitrogens with zero attached hydrogens (tertiary/aromatic N) is 1. The van der Waals surface area contributed by atoms with Crippen LogP contribution >= 0.6 is 0 Å². The van der Waals surface area contributed by atoms with Crippen molar-refractivity contribution in [2.24, 2.45) is 5.92 Å². The number of fused-ring (bicyclic) bond motifs is 1. The van der Waals surface area contributed by atoms with Crippen molar-refractivity contribution < 1.29 is 0 Å². The van der Waals surface area contributed by atoms with Gasteiger partial charge in [-0.15, -0.1) is 0 Å². The number of anilines is 2. The molecule has 2 heteroatoms. The van der Waals surface area contributed by atoms with Gasteiger partial charge in [-0.2, -0.15) is 0 Å². The van der Waals surface area contributed by atoms with Crippen molar-refractivity contribution in [2.75, 3.05) is 23.7 Å². The number of hydrogen-bond donors (Lipinski definition) is 1. The summed E-state index contributed by atoms with van der Waals surface area (Å²) in [5.74, 6) is 0.758. The van der Waals surface area contributed by atoms with E-state index in [0.29, 0.717) is 0 Å². The fourth-order valence-electron chi connectivity index (χ4n) is 2.34. The van der Waals surface area contributed by atoms with Crippen molar-refractivity contribution >= 4 is 11.4 Å². The van der Waals surface area contributed by atoms with Gasteiger partial charge in [-0.05, 0) is 36.5 Å². The number of nitrogens with two attached hydrogens (primary N) is 1. The molecule has 1 aromatic carbocycles. The fraction of sp³-hybridized carbons (Fsp3) is 0.571. The van der Waals surface area contributed by atoms with Gasteiger partial charge in [0, 0.05) is 24.5 Å². The molecule has 2 N–H and O–H groups in total. The second-order valence-electron chi connectivity index (χ2n) is 5.05. The molecular formula is C14H22N2. The summed E-state index contributed by atoms with van der Waals surface area (Å²) < 4.78 is 0. The molecule has 0 aliphatic carbocycles. The molecule has 0 fully saturated rings. The second-order valence-corrected chi connectivity index (χ2v) is 5.05. The van der Waals surface area contributed by atoms with Crippen LogP contribution in [0.3, 0.4) is 0 Å². The zero-order chi connectivity index (χ0) is 11.7. The molecule has 0 saturated heterocycles. The van der Waals surface area contributed by atoms with Crippen LogP contribution in [0.4, 0.5) is 11.4 Å². The standard InChI is InChI=1S/C14H22N2/c1-4-10(2)9-16-6-5-12-7-11(3)13(15)8-14(12)16/h7-8,10H,4-6,9,15H2,1-3H3. The normalized spacial score (nSPS) is 16.3. The Morgan fingerprint density at radius 2 is 2.19 bits per heavy atom. The van der Waals surface area contributed by atoms with Gasteiger partial charge in [-0.25, -0.2) is 0 Å². The highest BCUT2D eigenvalue weighted by atomic mass is 15.1. The van der Waals surface area contributed by atoms with Gasteiger partial charge in [-0.3, -0.25) is 0 Å². The summed E-state index contributed by atoms with van der Waals surface area (Å²) in [7, 11) is 0. The van der Waals surface area contributed by atoms with Gasteiger partial charge < -0.3 is 10.6 Å². The van der Waals surface area contributed by atoms with Gasteiger partial charge in [0.2, 0.25) is 0 Å². The van der Waals surface area contributed by atoms with E-state index in [9.17, 15) is 0 Å². The van der Waals surface area contributed by atoms with Crippen molar-refractivity contribution in [1.82, 2.24) is 0 Å². The summed E-state index contributed by atoms with van der Waals surface area (Å²) in [6.45, 7) is 8.97. The average Bonchev–Trinajstić information content (AvgIpc) is 2.62. The Bertz CT molecular complexity index is 385. The maximum absolute atomic E-state index is 5.99. The van der Waals surface area contributed by atoms with Crippen LogP contribution in [0.15, 0.2) is 12.1 Å². The van der Waals surface area contributed by atoms with E-state index in [-0.39, 0.29) is 0 Å². The minimum absolute atomic E-state index is 0.758. The highest BCUT2D eigenvalue weighted by molar-refractivity contribution is 5.67. The third kappa shape index (κ3) is 2.01. The quantitative estimate of drug-likeness (QED) is 0.790. The molecule has 0 radical (unpaired) electrons. The summed E-state index contributed by atoms with van der Waals surface area (Å²) >= 11 is 0. The molecule has 1 unspecified atom stereocenters. The molecule has 1 heterocycles. The zero-order valence-corrected chi connectivity index (χ0v) is 10.6. The van der Waals surface area contributed by atoms with E-state index >= 15 is 0 Å². The molecule has 16 heavy (non-hydrogen) atoms. The van der Waals surface area contributed by atoms with Gasteiger partial charge in [0.05, 0.1) is 0 Å². The van der Waals surface area contributed by atoms with Crippen LogP contribution in [0.1, 0.15) is 31.4 Å². The van der Waals surface area contributed by atoms with Crippen LogP contribution in [0.2, 0.25) is 0 Å². The van der Waals surface area contributed by atoms with E-state index in [0.717, 1.165) is 24.7 Å². The molecule has 1 atom stereocenters. The Labute approximate surface area is 98.4 Å². The first-order chi connectivity index (χ1) is 7.61. The highest BCUT2D eigenvalue weighted by Crippen LogP contribution is 2.32. The second kappa shape index (κ2) is 4.36. The van der Waals surface area contributed by atoms with Crippen molar-refractivity contribution in [2.45, 2.75) is 33.6 Å². The topological polar surface area (TPSA) is 29.3 Å². The molecule has 88 valence electrons. The lowest BCUT2D eigenvalue weighted by atomic mass is 10.1. The molecule has 0 aromatic heterocycles. The Balaban J connectivity index is 2.22. The Morgan fingerprint density at radius 1 is 1.44 bits per heavy atom. The van der Waals surface area contributed by atoms with Crippen LogP contribution < -0.4 is 10.6 Å². The van der Waals surface area contributed by atoms with Crippen LogP contribution in [0.5, 0.6) is 0 Å². The Kier molecular flexibility index (Phi) is 3.08. The van der Waals surface area contributed by atoms with E-state index in [4.69, 9.17) is 5.73 Å². The summed E-state index contributed by atoms with van der Waals surface area (Å²) in [5.41, 5.74) is 11.0. The first-order valence-electron chi connectivity index (χ1n) is 6.25. The molecule has 0 bridgehead atoms. The van der Waals surface area contributed by atoms with E-state index < -0.39 is 0 Å². The van der Waals surface area contributed by atoms with E-state index in [2.05, 4.69) is 37.8 Å². The molecule has 0 saturated carbocycles. The van der Waals surface area contributed by atoms with Gasteiger partial charge in [0.25, 0.3) is 0 Å². The van der Waals surface area contributed by atoms with Gasteiger partial charge >= 0.3 is 0 Å². The van der Waals surface area contributed by atoms with Crippen molar-refractivity contribution in [3.63, 3.8) is 0 Å². The number of rotatable bonds is 3. The van der Waals surface area contributed by atoms with Crippen LogP contribution in [-0.4, -0.2) is 13.1 Å². The first kappa shape index (κ1) is 11.3. The summed E-state index contributed by atoms with van der Waals surface area (Å²) in [6, 6.07) is 4.40. The van der Waals surface area contributed by atoms with Crippen LogP contribution in [-0.2, 0) is 6.42 Å². The third-order valence-electron chi connectivity index (χ3n) is 3.69. The fourth-order valence-corrected chi connectivity index (χ4v) is 2.34. The minimum Gasteiger partial charge on any atom is -0.398 e. The number of nitrogen functional groups attached to an aromatic ring is 1. The van der Waals surface area contributed by atoms with Crippen molar-refractivity contribution in [1.29, 1.82) is 0 Å². The largest absolute Gasteiger partial charge is 0.398 e. The summed E-state index contributed by atoms with van der Waals surface area (Å²) in [5, 5.41) is 0. The molecule has 2 rings (SSSR count). The summed E-state index contributed by atoms with van der Waals surface area (Å²) in [4.78, 5) is 2.49. The van der Waals surface area contributed by atoms with Crippen molar-refractivity contribution in [3.8, 4) is 0 Å². The van der Waals surface area contributed by atoms with Crippen molar-refractivity contribution in [3.05, 3.63) is 23.3 Å². The predicted molar refractivity (Wildman–Crippen MR) is 71.0 cm³/mol. The Morgan fingerprint density at radius 3 is 2.88 bits per heavy atom. The van der Waals surface area contributed by atoms with Gasteiger partial charge in [0.1, 0.15) is 0 Å². The molecule has 0 amide bonds. The number of hydrogen-bond acceptors (Lipinski definition) is 2. The smallest absolute Gasteiger partial charge is 0.0420 e. The lowest BCUT2D eigenvalue weighted by Gasteiger charge is -2.23. The maximum Gasteiger partial charge on any atom is 0.0420 e. The van der Waals surface area contributed by atoms with E-state index in [1.165, 1.54) is 29.7 Å². The third-order valence-corrected chi connectivity index (χ3v) is 3.69. The van der Waals surface area contributed by atoms with E-state index in [1.54, 1.807) is 0 Å². The lowest BCUT2D eigenvalue weighted by Crippen LogP contribution is -2.26. The predicted octanol–water partition coefficient (Wildman–Crippen LogP) is 2.99. The average molecular weight is 218 g/mol. The SMILES string of the molecule is CCC(C)CN1CCc2cc(C)c(N)cc21. The maximum atomic E-state index is 5.99. The zero-order valence-electron chi connectivity index (χ0n) is 10.6. The minimum atomic E-state index is 0.758. The molecular weight excluding hydrogens is 196 g/mol.